The Morgan fingerprint density at radius 2 is 2.11 bits per heavy atom. The third-order valence-corrected chi connectivity index (χ3v) is 7.41. The van der Waals surface area contributed by atoms with Crippen molar-refractivity contribution in [3.63, 3.8) is 0 Å². The number of pyridine rings is 1. The van der Waals surface area contributed by atoms with Crippen molar-refractivity contribution in [2.24, 2.45) is 0 Å². The van der Waals surface area contributed by atoms with E-state index in [1.807, 2.05) is 0 Å². The Hall–Kier alpha value is -3.95. The highest BCUT2D eigenvalue weighted by atomic mass is 32.1. The number of anilines is 3. The van der Waals surface area contributed by atoms with Gasteiger partial charge in [0.1, 0.15) is 21.2 Å². The van der Waals surface area contributed by atoms with Crippen molar-refractivity contribution in [3.8, 4) is 11.5 Å². The standard InChI is InChI=1S/C28H27N5O3S/c1-17-15-20(36-19-8-4-3-5-9-19)10-11-21(17)33-22-12-13-29-27-23(22)24(31-28(33)35)25(37-27)26(34)30-18-7-6-14-32(2)16-18/h3-5,8-13,15,18H,6-7,14,16H2,1-2H3,(H,30,34)(H,31,35)/t18-/m1/s1/i2D3,3D,4D,5D,8D,9D. The lowest BCUT2D eigenvalue weighted by molar-refractivity contribution is 0.0917. The van der Waals surface area contributed by atoms with Gasteiger partial charge in [-0.25, -0.2) is 9.78 Å². The van der Waals surface area contributed by atoms with Crippen molar-refractivity contribution in [2.45, 2.75) is 25.8 Å². The number of rotatable bonds is 5. The van der Waals surface area contributed by atoms with Crippen molar-refractivity contribution in [2.75, 3.05) is 30.3 Å². The van der Waals surface area contributed by atoms with Gasteiger partial charge in [0.25, 0.3) is 5.91 Å². The first-order valence-electron chi connectivity index (χ1n) is 15.7. The van der Waals surface area contributed by atoms with Crippen LogP contribution in [0.25, 0.3) is 10.2 Å². The molecule has 0 bridgehead atoms. The average Bonchev–Trinajstić information content (AvgIpc) is 3.37. The van der Waals surface area contributed by atoms with Gasteiger partial charge in [0.2, 0.25) is 0 Å². The van der Waals surface area contributed by atoms with Crippen LogP contribution >= 0.6 is 11.3 Å². The second kappa shape index (κ2) is 9.49. The van der Waals surface area contributed by atoms with E-state index in [0.29, 0.717) is 52.2 Å². The predicted molar refractivity (Wildman–Crippen MR) is 146 cm³/mol. The maximum absolute atomic E-state index is 13.6. The van der Waals surface area contributed by atoms with Gasteiger partial charge in [0, 0.05) is 22.9 Å². The number of ether oxygens (including phenoxy) is 1. The van der Waals surface area contributed by atoms with E-state index in [4.69, 9.17) is 15.7 Å². The number of para-hydroxylation sites is 1. The van der Waals surface area contributed by atoms with E-state index >= 15 is 0 Å². The quantitative estimate of drug-likeness (QED) is 0.341. The number of thiophene rings is 1. The van der Waals surface area contributed by atoms with E-state index in [1.165, 1.54) is 15.9 Å². The maximum atomic E-state index is 13.6. The Kier molecular flexibility index (Phi) is 4.11. The second-order valence-corrected chi connectivity index (χ2v) is 9.84. The highest BCUT2D eigenvalue weighted by Crippen LogP contribution is 2.46. The number of carbonyl (C=O) groups excluding carboxylic acids is 2. The number of urea groups is 1. The van der Waals surface area contributed by atoms with Crippen LogP contribution in [0.4, 0.5) is 21.9 Å². The Labute approximate surface area is 230 Å². The van der Waals surface area contributed by atoms with Crippen molar-refractivity contribution in [3.05, 3.63) is 71.1 Å². The molecular weight excluding hydrogens is 486 g/mol. The lowest BCUT2D eigenvalue weighted by Crippen LogP contribution is -2.46. The molecule has 4 aromatic rings. The van der Waals surface area contributed by atoms with Crippen LogP contribution in [0.5, 0.6) is 11.5 Å². The number of nitrogens with one attached hydrogen (secondary N) is 2. The summed E-state index contributed by atoms with van der Waals surface area (Å²) in [4.78, 5) is 35.1. The molecule has 6 rings (SSSR count). The number of benzene rings is 2. The Balaban J connectivity index is 1.30. The van der Waals surface area contributed by atoms with Crippen molar-refractivity contribution in [1.82, 2.24) is 15.2 Å². The van der Waals surface area contributed by atoms with Crippen LogP contribution < -0.4 is 20.3 Å². The van der Waals surface area contributed by atoms with Crippen LogP contribution in [0.15, 0.2) is 60.7 Å². The van der Waals surface area contributed by atoms with E-state index in [9.17, 15) is 9.59 Å². The SMILES string of the molecule is [2H]c1c([2H])c([2H])c(Oc2ccc(N3C(=O)Nc4c(C(=O)N[C@@H]5CCCN(C([2H])([2H])[2H])C5)sc5nccc3c45)c(C)c2)c([2H])c1[2H]. The molecule has 9 heteroatoms. The smallest absolute Gasteiger partial charge is 0.331 e. The van der Waals surface area contributed by atoms with Crippen LogP contribution in [-0.2, 0) is 0 Å². The van der Waals surface area contributed by atoms with Gasteiger partial charge >= 0.3 is 6.03 Å². The zero-order chi connectivity index (χ0) is 32.4. The summed E-state index contributed by atoms with van der Waals surface area (Å²) in [5.74, 6) is -0.523. The monoisotopic (exact) mass is 521 g/mol. The molecule has 4 heterocycles. The van der Waals surface area contributed by atoms with Crippen molar-refractivity contribution < 1.29 is 25.3 Å². The summed E-state index contributed by atoms with van der Waals surface area (Å²) >= 11 is 1.13. The summed E-state index contributed by atoms with van der Waals surface area (Å²) in [6.45, 7) is 0.119. The Morgan fingerprint density at radius 1 is 1.24 bits per heavy atom. The number of amides is 3. The van der Waals surface area contributed by atoms with E-state index < -0.39 is 49.1 Å². The number of carbonyl (C=O) groups is 2. The number of hydrogen-bond donors (Lipinski definition) is 2. The minimum Gasteiger partial charge on any atom is -0.457 e. The Morgan fingerprint density at radius 3 is 2.92 bits per heavy atom. The highest BCUT2D eigenvalue weighted by molar-refractivity contribution is 7.21. The van der Waals surface area contributed by atoms with Gasteiger partial charge in [-0.3, -0.25) is 9.69 Å². The van der Waals surface area contributed by atoms with Gasteiger partial charge in [0.15, 0.2) is 0 Å². The first kappa shape index (κ1) is 16.0. The number of hydrogen-bond acceptors (Lipinski definition) is 6. The summed E-state index contributed by atoms with van der Waals surface area (Å²) in [6, 6.07) is 3.05. The van der Waals surface area contributed by atoms with Crippen LogP contribution in [0.1, 0.15) is 39.0 Å². The molecule has 2 N–H and O–H groups in total. The fourth-order valence-corrected chi connectivity index (χ4v) is 5.70. The summed E-state index contributed by atoms with van der Waals surface area (Å²) in [7, 11) is 0. The molecule has 8 nitrogen and oxygen atoms in total. The summed E-state index contributed by atoms with van der Waals surface area (Å²) in [5, 5.41) is 6.37. The van der Waals surface area contributed by atoms with Crippen LogP contribution in [0.2, 0.25) is 0 Å². The van der Waals surface area contributed by atoms with E-state index in [1.54, 1.807) is 31.3 Å². The van der Waals surface area contributed by atoms with E-state index in [0.717, 1.165) is 11.3 Å². The van der Waals surface area contributed by atoms with E-state index in [2.05, 4.69) is 15.6 Å². The summed E-state index contributed by atoms with van der Waals surface area (Å²) < 4.78 is 68.6. The number of nitrogens with zero attached hydrogens (tertiary/aromatic N) is 3. The third-order valence-electron chi connectivity index (χ3n) is 6.31. The maximum Gasteiger partial charge on any atom is 0.331 e. The molecule has 3 amide bonds. The summed E-state index contributed by atoms with van der Waals surface area (Å²) in [5.41, 5.74) is 1.91. The third kappa shape index (κ3) is 4.41. The minimum absolute atomic E-state index is 0.196. The molecule has 1 saturated heterocycles. The van der Waals surface area contributed by atoms with Crippen LogP contribution in [0.3, 0.4) is 0 Å². The topological polar surface area (TPSA) is 86.8 Å². The van der Waals surface area contributed by atoms with Gasteiger partial charge in [-0.05, 0) is 75.2 Å². The predicted octanol–water partition coefficient (Wildman–Crippen LogP) is 5.90. The van der Waals surface area contributed by atoms with Crippen molar-refractivity contribution in [1.29, 1.82) is 0 Å². The molecule has 1 atom stereocenters. The molecule has 2 aromatic carbocycles. The van der Waals surface area contributed by atoms with Gasteiger partial charge in [-0.15, -0.1) is 11.3 Å². The van der Waals surface area contributed by atoms with Gasteiger partial charge < -0.3 is 20.3 Å². The van der Waals surface area contributed by atoms with Crippen LogP contribution in [0, 0.1) is 6.92 Å². The fraction of sp³-hybridized carbons (Fsp3) is 0.250. The normalized spacial score (nSPS) is 20.9. The highest BCUT2D eigenvalue weighted by Gasteiger charge is 2.34. The average molecular weight is 522 g/mol. The summed E-state index contributed by atoms with van der Waals surface area (Å²) in [6.07, 6.45) is 2.81. The van der Waals surface area contributed by atoms with Gasteiger partial charge in [0.05, 0.1) is 29.3 Å². The lowest BCUT2D eigenvalue weighted by Gasteiger charge is -2.31. The second-order valence-electron chi connectivity index (χ2n) is 8.85. The molecular formula is C28H27N5O3S. The molecule has 2 aromatic heterocycles. The number of aryl methyl sites for hydroxylation is 1. The van der Waals surface area contributed by atoms with Crippen LogP contribution in [-0.4, -0.2) is 47.9 Å². The fourth-order valence-electron chi connectivity index (χ4n) is 4.68. The van der Waals surface area contributed by atoms with Crippen molar-refractivity contribution >= 4 is 50.6 Å². The minimum atomic E-state index is -2.24. The Bertz CT molecular complexity index is 1850. The zero-order valence-electron chi connectivity index (χ0n) is 27.8. The molecule has 0 saturated carbocycles. The lowest BCUT2D eigenvalue weighted by atomic mass is 10.1. The van der Waals surface area contributed by atoms with Gasteiger partial charge in [-0.2, -0.15) is 0 Å². The van der Waals surface area contributed by atoms with E-state index in [-0.39, 0.29) is 29.0 Å². The first-order chi connectivity index (χ1) is 21.3. The molecule has 0 aliphatic carbocycles. The van der Waals surface area contributed by atoms with Gasteiger partial charge in [-0.1, -0.05) is 18.1 Å². The molecule has 0 spiro atoms. The number of likely N-dealkylation sites (tertiary alicyclic amines) is 1. The molecule has 0 radical (unpaired) electrons. The molecule has 1 fully saturated rings. The molecule has 0 unspecified atom stereocenters. The number of likely N-dealkylation sites (N-methyl/N-ethyl adjacent to an activating group) is 1. The molecule has 188 valence electrons. The first-order valence-corrected chi connectivity index (χ1v) is 12.5. The zero-order valence-corrected chi connectivity index (χ0v) is 20.6. The molecule has 2 aliphatic rings. The largest absolute Gasteiger partial charge is 0.457 e. The molecule has 37 heavy (non-hydrogen) atoms. The number of piperidine rings is 1. The molecule has 2 aliphatic heterocycles. The number of aromatic nitrogens is 1.